The summed E-state index contributed by atoms with van der Waals surface area (Å²) < 4.78 is 5.41. The molecule has 1 fully saturated rings. The second-order valence-corrected chi connectivity index (χ2v) is 5.72. The van der Waals surface area contributed by atoms with Crippen molar-refractivity contribution in [1.29, 1.82) is 0 Å². The zero-order chi connectivity index (χ0) is 18.5. The van der Waals surface area contributed by atoms with Gasteiger partial charge in [-0.25, -0.2) is 10.3 Å². The topological polar surface area (TPSA) is 87.7 Å². The third-order valence-electron chi connectivity index (χ3n) is 3.93. The van der Waals surface area contributed by atoms with E-state index < -0.39 is 11.9 Å². The molecule has 3 amide bonds. The minimum atomic E-state index is -0.814. The van der Waals surface area contributed by atoms with Crippen LogP contribution >= 0.6 is 0 Å². The summed E-state index contributed by atoms with van der Waals surface area (Å²) in [4.78, 5) is 38.0. The number of nitrogens with zero attached hydrogens (tertiary/aromatic N) is 1. The zero-order valence-electron chi connectivity index (χ0n) is 14.3. The fourth-order valence-electron chi connectivity index (χ4n) is 2.71. The molecule has 2 aromatic rings. The van der Waals surface area contributed by atoms with Gasteiger partial charge in [0.05, 0.1) is 18.7 Å². The highest BCUT2D eigenvalue weighted by Gasteiger charge is 2.39. The van der Waals surface area contributed by atoms with E-state index in [-0.39, 0.29) is 18.2 Å². The maximum Gasteiger partial charge on any atom is 0.265 e. The number of hydrogen-bond donors (Lipinski definition) is 2. The van der Waals surface area contributed by atoms with Gasteiger partial charge >= 0.3 is 0 Å². The standard InChI is InChI=1S/C19H19N3O4/c1-2-26-15-10-6-9-14(11-15)22-17(23)12-16(19(22)25)20-21-18(24)13-7-4-3-5-8-13/h3-11,16,20H,2,12H2,1H3,(H,21,24). The van der Waals surface area contributed by atoms with Crippen LogP contribution in [0.3, 0.4) is 0 Å². The van der Waals surface area contributed by atoms with E-state index in [2.05, 4.69) is 10.9 Å². The third kappa shape index (κ3) is 3.73. The molecular weight excluding hydrogens is 334 g/mol. The average molecular weight is 353 g/mol. The van der Waals surface area contributed by atoms with Crippen molar-refractivity contribution in [3.05, 3.63) is 60.2 Å². The van der Waals surface area contributed by atoms with E-state index in [0.717, 1.165) is 4.90 Å². The molecule has 2 N–H and O–H groups in total. The number of hydrazine groups is 1. The lowest BCUT2D eigenvalue weighted by Gasteiger charge is -2.16. The Morgan fingerprint density at radius 1 is 1.15 bits per heavy atom. The number of anilines is 1. The van der Waals surface area contributed by atoms with Gasteiger partial charge in [-0.1, -0.05) is 24.3 Å². The first kappa shape index (κ1) is 17.6. The number of carbonyl (C=O) groups is 3. The summed E-state index contributed by atoms with van der Waals surface area (Å²) in [7, 11) is 0. The van der Waals surface area contributed by atoms with Crippen LogP contribution in [0.5, 0.6) is 5.75 Å². The van der Waals surface area contributed by atoms with Crippen LogP contribution in [-0.2, 0) is 9.59 Å². The average Bonchev–Trinajstić information content (AvgIpc) is 2.94. The molecule has 1 saturated heterocycles. The molecule has 7 heteroatoms. The van der Waals surface area contributed by atoms with Gasteiger partial charge in [-0.3, -0.25) is 19.8 Å². The fraction of sp³-hybridized carbons (Fsp3) is 0.211. The Bertz CT molecular complexity index is 823. The maximum absolute atomic E-state index is 12.6. The van der Waals surface area contributed by atoms with Crippen molar-refractivity contribution in [2.75, 3.05) is 11.5 Å². The minimum Gasteiger partial charge on any atom is -0.494 e. The number of rotatable bonds is 6. The van der Waals surface area contributed by atoms with Crippen molar-refractivity contribution < 1.29 is 19.1 Å². The minimum absolute atomic E-state index is 0.0350. The lowest BCUT2D eigenvalue weighted by atomic mass is 10.2. The van der Waals surface area contributed by atoms with Gasteiger partial charge in [0.2, 0.25) is 5.91 Å². The molecule has 3 rings (SSSR count). The molecule has 0 radical (unpaired) electrons. The molecule has 134 valence electrons. The van der Waals surface area contributed by atoms with Crippen LogP contribution in [0.25, 0.3) is 0 Å². The molecule has 1 heterocycles. The molecule has 0 aromatic heterocycles. The highest BCUT2D eigenvalue weighted by Crippen LogP contribution is 2.26. The molecule has 0 saturated carbocycles. The van der Waals surface area contributed by atoms with E-state index in [4.69, 9.17) is 4.74 Å². The Hall–Kier alpha value is -3.19. The summed E-state index contributed by atoms with van der Waals surface area (Å²) in [5.74, 6) is -0.547. The first-order valence-electron chi connectivity index (χ1n) is 8.30. The molecule has 2 aromatic carbocycles. The predicted octanol–water partition coefficient (Wildman–Crippen LogP) is 1.65. The number of carbonyl (C=O) groups excluding carboxylic acids is 3. The Morgan fingerprint density at radius 3 is 2.65 bits per heavy atom. The normalized spacial score (nSPS) is 16.7. The molecule has 1 unspecified atom stereocenters. The number of ether oxygens (including phenoxy) is 1. The van der Waals surface area contributed by atoms with Gasteiger partial charge in [-0.05, 0) is 31.2 Å². The summed E-state index contributed by atoms with van der Waals surface area (Å²) in [6, 6.07) is 14.6. The van der Waals surface area contributed by atoms with E-state index in [9.17, 15) is 14.4 Å². The summed E-state index contributed by atoms with van der Waals surface area (Å²) in [5, 5.41) is 0. The van der Waals surface area contributed by atoms with Crippen LogP contribution in [0.15, 0.2) is 54.6 Å². The molecule has 26 heavy (non-hydrogen) atoms. The Balaban J connectivity index is 1.67. The van der Waals surface area contributed by atoms with Crippen molar-refractivity contribution in [2.24, 2.45) is 0 Å². The van der Waals surface area contributed by atoms with E-state index in [1.807, 2.05) is 6.92 Å². The molecule has 7 nitrogen and oxygen atoms in total. The summed E-state index contributed by atoms with van der Waals surface area (Å²) in [6.45, 7) is 2.34. The second kappa shape index (κ2) is 7.79. The van der Waals surface area contributed by atoms with Gasteiger partial charge in [0.25, 0.3) is 11.8 Å². The van der Waals surface area contributed by atoms with Gasteiger partial charge in [0.1, 0.15) is 11.8 Å². The van der Waals surface area contributed by atoms with Gasteiger partial charge in [0.15, 0.2) is 0 Å². The SMILES string of the molecule is CCOc1cccc(N2C(=O)CC(NNC(=O)c3ccccc3)C2=O)c1. The lowest BCUT2D eigenvalue weighted by Crippen LogP contribution is -2.48. The van der Waals surface area contributed by atoms with E-state index in [1.165, 1.54) is 0 Å². The molecular formula is C19H19N3O4. The van der Waals surface area contributed by atoms with E-state index in [1.54, 1.807) is 54.6 Å². The van der Waals surface area contributed by atoms with Gasteiger partial charge in [-0.2, -0.15) is 0 Å². The van der Waals surface area contributed by atoms with E-state index in [0.29, 0.717) is 23.6 Å². The first-order valence-corrected chi connectivity index (χ1v) is 8.30. The highest BCUT2D eigenvalue weighted by molar-refractivity contribution is 6.22. The summed E-state index contributed by atoms with van der Waals surface area (Å²) >= 11 is 0. The van der Waals surface area contributed by atoms with Crippen molar-refractivity contribution in [3.8, 4) is 5.75 Å². The largest absolute Gasteiger partial charge is 0.494 e. The smallest absolute Gasteiger partial charge is 0.265 e. The highest BCUT2D eigenvalue weighted by atomic mass is 16.5. The number of hydrogen-bond acceptors (Lipinski definition) is 5. The quantitative estimate of drug-likeness (QED) is 0.609. The van der Waals surface area contributed by atoms with Crippen LogP contribution in [0.1, 0.15) is 23.7 Å². The number of nitrogens with one attached hydrogen (secondary N) is 2. The first-order chi connectivity index (χ1) is 12.6. The lowest BCUT2D eigenvalue weighted by molar-refractivity contribution is -0.121. The number of imide groups is 1. The van der Waals surface area contributed by atoms with E-state index >= 15 is 0 Å². The molecule has 1 aliphatic rings. The second-order valence-electron chi connectivity index (χ2n) is 5.72. The zero-order valence-corrected chi connectivity index (χ0v) is 14.3. The Labute approximate surface area is 150 Å². The van der Waals surface area contributed by atoms with Crippen molar-refractivity contribution in [3.63, 3.8) is 0 Å². The van der Waals surface area contributed by atoms with Gasteiger partial charge in [0, 0.05) is 11.6 Å². The Morgan fingerprint density at radius 2 is 1.92 bits per heavy atom. The molecule has 1 atom stereocenters. The maximum atomic E-state index is 12.6. The van der Waals surface area contributed by atoms with Crippen molar-refractivity contribution in [1.82, 2.24) is 10.9 Å². The predicted molar refractivity (Wildman–Crippen MR) is 95.6 cm³/mol. The van der Waals surface area contributed by atoms with Crippen LogP contribution in [0, 0.1) is 0 Å². The van der Waals surface area contributed by atoms with Gasteiger partial charge in [-0.15, -0.1) is 0 Å². The van der Waals surface area contributed by atoms with Crippen LogP contribution in [0.4, 0.5) is 5.69 Å². The Kier molecular flexibility index (Phi) is 5.28. The fourth-order valence-corrected chi connectivity index (χ4v) is 2.71. The van der Waals surface area contributed by atoms with Gasteiger partial charge < -0.3 is 4.74 Å². The summed E-state index contributed by atoms with van der Waals surface area (Å²) in [5.41, 5.74) is 6.04. The summed E-state index contributed by atoms with van der Waals surface area (Å²) in [6.07, 6.45) is -0.0350. The van der Waals surface area contributed by atoms with Crippen molar-refractivity contribution >= 4 is 23.4 Å². The molecule has 0 bridgehead atoms. The molecule has 0 spiro atoms. The van der Waals surface area contributed by atoms with Crippen LogP contribution in [-0.4, -0.2) is 30.4 Å². The van der Waals surface area contributed by atoms with Crippen LogP contribution < -0.4 is 20.5 Å². The van der Waals surface area contributed by atoms with Crippen molar-refractivity contribution in [2.45, 2.75) is 19.4 Å². The number of amides is 3. The molecule has 1 aliphatic heterocycles. The monoisotopic (exact) mass is 353 g/mol. The van der Waals surface area contributed by atoms with Crippen LogP contribution in [0.2, 0.25) is 0 Å². The number of benzene rings is 2. The molecule has 0 aliphatic carbocycles. The third-order valence-corrected chi connectivity index (χ3v) is 3.93.